The number of hydrogen-bond acceptors (Lipinski definition) is 2. The predicted molar refractivity (Wildman–Crippen MR) is 72.2 cm³/mol. The molecule has 0 aliphatic rings. The van der Waals surface area contributed by atoms with Crippen molar-refractivity contribution in [1.82, 2.24) is 0 Å². The van der Waals surface area contributed by atoms with Gasteiger partial charge in [0.25, 0.3) is 0 Å². The molecule has 0 aliphatic heterocycles. The fourth-order valence-electron chi connectivity index (χ4n) is 1.50. The van der Waals surface area contributed by atoms with Crippen molar-refractivity contribution in [3.8, 4) is 5.75 Å². The van der Waals surface area contributed by atoms with E-state index in [-0.39, 0.29) is 11.7 Å². The first kappa shape index (κ1) is 11.9. The van der Waals surface area contributed by atoms with Gasteiger partial charge in [0.05, 0.1) is 0 Å². The molecule has 2 N–H and O–H groups in total. The molecule has 0 saturated carbocycles. The topological polar surface area (TPSA) is 49.3 Å². The normalized spacial score (nSPS) is 10.4. The van der Waals surface area contributed by atoms with Crippen molar-refractivity contribution >= 4 is 17.7 Å². The zero-order valence-electron chi connectivity index (χ0n) is 9.71. The van der Waals surface area contributed by atoms with Crippen LogP contribution in [0.2, 0.25) is 0 Å². The summed E-state index contributed by atoms with van der Waals surface area (Å²) in [6.45, 7) is 0. The van der Waals surface area contributed by atoms with E-state index >= 15 is 0 Å². The van der Waals surface area contributed by atoms with Crippen LogP contribution in [0.15, 0.2) is 60.7 Å². The van der Waals surface area contributed by atoms with Crippen molar-refractivity contribution in [1.29, 1.82) is 0 Å². The first-order chi connectivity index (χ1) is 8.75. The summed E-state index contributed by atoms with van der Waals surface area (Å²) >= 11 is 0. The maximum absolute atomic E-state index is 11.6. The number of phenols is 1. The van der Waals surface area contributed by atoms with Gasteiger partial charge in [0.15, 0.2) is 0 Å². The van der Waals surface area contributed by atoms with Gasteiger partial charge in [0.1, 0.15) is 5.75 Å². The van der Waals surface area contributed by atoms with Crippen LogP contribution >= 0.6 is 0 Å². The van der Waals surface area contributed by atoms with Crippen molar-refractivity contribution in [2.45, 2.75) is 0 Å². The zero-order valence-corrected chi connectivity index (χ0v) is 9.71. The van der Waals surface area contributed by atoms with Gasteiger partial charge in [-0.2, -0.15) is 0 Å². The Morgan fingerprint density at radius 2 is 1.67 bits per heavy atom. The Labute approximate surface area is 105 Å². The van der Waals surface area contributed by atoms with Gasteiger partial charge in [-0.3, -0.25) is 4.79 Å². The Kier molecular flexibility index (Phi) is 3.76. The third-order valence-electron chi connectivity index (χ3n) is 2.39. The van der Waals surface area contributed by atoms with Gasteiger partial charge >= 0.3 is 0 Å². The van der Waals surface area contributed by atoms with Gasteiger partial charge in [-0.05, 0) is 24.3 Å². The lowest BCUT2D eigenvalue weighted by Gasteiger charge is -2.01. The predicted octanol–water partition coefficient (Wildman–Crippen LogP) is 3.04. The van der Waals surface area contributed by atoms with Crippen LogP contribution < -0.4 is 5.32 Å². The quantitative estimate of drug-likeness (QED) is 0.809. The summed E-state index contributed by atoms with van der Waals surface area (Å²) in [5.41, 5.74) is 1.35. The third kappa shape index (κ3) is 3.22. The molecular formula is C15H13NO2. The van der Waals surface area contributed by atoms with Crippen molar-refractivity contribution < 1.29 is 9.90 Å². The Morgan fingerprint density at radius 3 is 2.39 bits per heavy atom. The van der Waals surface area contributed by atoms with E-state index in [1.165, 1.54) is 6.08 Å². The van der Waals surface area contributed by atoms with Gasteiger partial charge < -0.3 is 10.4 Å². The Hall–Kier alpha value is -2.55. The van der Waals surface area contributed by atoms with Crippen LogP contribution in [0.3, 0.4) is 0 Å². The Balaban J connectivity index is 2.02. The molecule has 0 bridgehead atoms. The highest BCUT2D eigenvalue weighted by atomic mass is 16.3. The second-order valence-electron chi connectivity index (χ2n) is 3.75. The molecule has 0 spiro atoms. The lowest BCUT2D eigenvalue weighted by molar-refractivity contribution is -0.111. The summed E-state index contributed by atoms with van der Waals surface area (Å²) in [6.07, 6.45) is 2.97. The molecule has 0 saturated heterocycles. The van der Waals surface area contributed by atoms with Crippen LogP contribution in [0.4, 0.5) is 5.69 Å². The van der Waals surface area contributed by atoms with Crippen LogP contribution in [0.1, 0.15) is 5.56 Å². The van der Waals surface area contributed by atoms with Crippen molar-refractivity contribution in [2.24, 2.45) is 0 Å². The standard InChI is InChI=1S/C15H13NO2/c17-14-9-5-4-6-12(14)10-11-15(18)16-13-7-2-1-3-8-13/h1-11,17H,(H,16,18)/b11-10+. The summed E-state index contributed by atoms with van der Waals surface area (Å²) in [6, 6.07) is 16.1. The maximum atomic E-state index is 11.6. The summed E-state index contributed by atoms with van der Waals surface area (Å²) in [4.78, 5) is 11.6. The molecule has 3 nitrogen and oxygen atoms in total. The highest BCUT2D eigenvalue weighted by molar-refractivity contribution is 6.02. The average molecular weight is 239 g/mol. The SMILES string of the molecule is O=C(/C=C/c1ccccc1O)Nc1ccccc1. The summed E-state index contributed by atoms with van der Waals surface area (Å²) in [7, 11) is 0. The molecule has 1 amide bonds. The first-order valence-electron chi connectivity index (χ1n) is 5.58. The second-order valence-corrected chi connectivity index (χ2v) is 3.75. The molecule has 18 heavy (non-hydrogen) atoms. The minimum atomic E-state index is -0.232. The van der Waals surface area contributed by atoms with Crippen LogP contribution in [0.5, 0.6) is 5.75 Å². The Morgan fingerprint density at radius 1 is 1.00 bits per heavy atom. The molecule has 0 unspecified atom stereocenters. The lowest BCUT2D eigenvalue weighted by atomic mass is 10.2. The number of phenolic OH excluding ortho intramolecular Hbond substituents is 1. The van der Waals surface area contributed by atoms with E-state index in [9.17, 15) is 9.90 Å². The number of nitrogens with one attached hydrogen (secondary N) is 1. The van der Waals surface area contributed by atoms with Gasteiger partial charge in [-0.1, -0.05) is 36.4 Å². The number of amides is 1. The zero-order chi connectivity index (χ0) is 12.8. The van der Waals surface area contributed by atoms with E-state index in [1.54, 1.807) is 30.3 Å². The van der Waals surface area contributed by atoms with E-state index in [0.717, 1.165) is 5.69 Å². The number of aromatic hydroxyl groups is 1. The number of anilines is 1. The highest BCUT2D eigenvalue weighted by Crippen LogP contribution is 2.17. The molecule has 2 rings (SSSR count). The smallest absolute Gasteiger partial charge is 0.248 e. The molecule has 0 aliphatic carbocycles. The molecule has 2 aromatic rings. The maximum Gasteiger partial charge on any atom is 0.248 e. The average Bonchev–Trinajstić information content (AvgIpc) is 2.39. The summed E-state index contributed by atoms with van der Waals surface area (Å²) in [5, 5.41) is 12.3. The third-order valence-corrected chi connectivity index (χ3v) is 2.39. The number of para-hydroxylation sites is 2. The molecule has 0 radical (unpaired) electrons. The van der Waals surface area contributed by atoms with Crippen molar-refractivity contribution in [3.05, 3.63) is 66.2 Å². The minimum Gasteiger partial charge on any atom is -0.507 e. The van der Waals surface area contributed by atoms with E-state index in [4.69, 9.17) is 0 Å². The van der Waals surface area contributed by atoms with E-state index in [0.29, 0.717) is 5.56 Å². The number of hydrogen-bond donors (Lipinski definition) is 2. The van der Waals surface area contributed by atoms with Gasteiger partial charge in [0.2, 0.25) is 5.91 Å². The minimum absolute atomic E-state index is 0.154. The monoisotopic (exact) mass is 239 g/mol. The van der Waals surface area contributed by atoms with E-state index in [1.807, 2.05) is 30.3 Å². The van der Waals surface area contributed by atoms with Crippen LogP contribution in [-0.2, 0) is 4.79 Å². The lowest BCUT2D eigenvalue weighted by Crippen LogP contribution is -2.07. The Bertz CT molecular complexity index is 562. The van der Waals surface area contributed by atoms with Gasteiger partial charge in [0, 0.05) is 17.3 Å². The molecule has 0 atom stereocenters. The molecule has 2 aromatic carbocycles. The molecule has 0 heterocycles. The first-order valence-corrected chi connectivity index (χ1v) is 5.58. The molecule has 0 fully saturated rings. The van der Waals surface area contributed by atoms with Crippen molar-refractivity contribution in [3.63, 3.8) is 0 Å². The second kappa shape index (κ2) is 5.68. The highest BCUT2D eigenvalue weighted by Gasteiger charge is 1.98. The summed E-state index contributed by atoms with van der Waals surface area (Å²) < 4.78 is 0. The largest absolute Gasteiger partial charge is 0.507 e. The van der Waals surface area contributed by atoms with Crippen LogP contribution in [0.25, 0.3) is 6.08 Å². The van der Waals surface area contributed by atoms with Crippen LogP contribution in [0, 0.1) is 0 Å². The van der Waals surface area contributed by atoms with E-state index < -0.39 is 0 Å². The number of rotatable bonds is 3. The molecule has 0 aromatic heterocycles. The number of carbonyl (C=O) groups excluding carboxylic acids is 1. The molecule has 90 valence electrons. The fraction of sp³-hybridized carbons (Fsp3) is 0. The number of benzene rings is 2. The summed E-state index contributed by atoms with van der Waals surface area (Å²) in [5.74, 6) is -0.0780. The fourth-order valence-corrected chi connectivity index (χ4v) is 1.50. The molecular weight excluding hydrogens is 226 g/mol. The van der Waals surface area contributed by atoms with Crippen LogP contribution in [-0.4, -0.2) is 11.0 Å². The molecule has 3 heteroatoms. The van der Waals surface area contributed by atoms with Crippen molar-refractivity contribution in [2.75, 3.05) is 5.32 Å². The van der Waals surface area contributed by atoms with Gasteiger partial charge in [-0.15, -0.1) is 0 Å². The van der Waals surface area contributed by atoms with E-state index in [2.05, 4.69) is 5.32 Å². The van der Waals surface area contributed by atoms with Gasteiger partial charge in [-0.25, -0.2) is 0 Å². The number of carbonyl (C=O) groups is 1.